The standard InChI is InChI=1S/C22H26N4O2/c1-16(23)21-24-18-10-7-11-19(28-15-14-25-12-5-6-13-25)20(18)22(27)26(21)17-8-3-2-4-9-17/h2-4,7-11,16H,5-6,12-15,23H2,1H3. The Bertz CT molecular complexity index is 1010. The van der Waals surface area contributed by atoms with Gasteiger partial charge in [0.25, 0.3) is 5.56 Å². The number of benzene rings is 2. The number of hydrogen-bond donors (Lipinski definition) is 1. The lowest BCUT2D eigenvalue weighted by molar-refractivity contribution is 0.239. The summed E-state index contributed by atoms with van der Waals surface area (Å²) in [6, 6.07) is 14.7. The quantitative estimate of drug-likeness (QED) is 0.714. The first-order valence-corrected chi connectivity index (χ1v) is 9.87. The van der Waals surface area contributed by atoms with E-state index < -0.39 is 0 Å². The summed E-state index contributed by atoms with van der Waals surface area (Å²) < 4.78 is 7.62. The number of nitrogens with two attached hydrogens (primary N) is 1. The highest BCUT2D eigenvalue weighted by atomic mass is 16.5. The molecule has 1 fully saturated rings. The molecule has 1 atom stereocenters. The largest absolute Gasteiger partial charge is 0.491 e. The van der Waals surface area contributed by atoms with Crippen LogP contribution in [0, 0.1) is 0 Å². The molecule has 1 saturated heterocycles. The minimum atomic E-state index is -0.378. The number of likely N-dealkylation sites (tertiary alicyclic amines) is 1. The Morgan fingerprint density at radius 2 is 1.86 bits per heavy atom. The van der Waals surface area contributed by atoms with Crippen molar-refractivity contribution in [3.63, 3.8) is 0 Å². The Balaban J connectivity index is 1.76. The molecule has 3 aromatic rings. The molecule has 2 heterocycles. The topological polar surface area (TPSA) is 73.4 Å². The van der Waals surface area contributed by atoms with Gasteiger partial charge in [-0.2, -0.15) is 0 Å². The number of nitrogens with zero attached hydrogens (tertiary/aromatic N) is 3. The molecule has 28 heavy (non-hydrogen) atoms. The fraction of sp³-hybridized carbons (Fsp3) is 0.364. The average molecular weight is 378 g/mol. The van der Waals surface area contributed by atoms with Gasteiger partial charge in [-0.25, -0.2) is 4.98 Å². The molecule has 0 spiro atoms. The van der Waals surface area contributed by atoms with Gasteiger partial charge in [-0.1, -0.05) is 24.3 Å². The number of aromatic nitrogens is 2. The second-order valence-electron chi connectivity index (χ2n) is 7.28. The van der Waals surface area contributed by atoms with E-state index in [0.29, 0.717) is 29.1 Å². The summed E-state index contributed by atoms with van der Waals surface area (Å²) in [4.78, 5) is 20.6. The van der Waals surface area contributed by atoms with Crippen molar-refractivity contribution in [3.8, 4) is 11.4 Å². The molecule has 1 aliphatic rings. The normalized spacial score (nSPS) is 15.8. The van der Waals surface area contributed by atoms with Gasteiger partial charge in [0.2, 0.25) is 0 Å². The third-order valence-electron chi connectivity index (χ3n) is 5.17. The highest BCUT2D eigenvalue weighted by Gasteiger charge is 2.18. The van der Waals surface area contributed by atoms with Gasteiger partial charge in [-0.05, 0) is 57.1 Å². The van der Waals surface area contributed by atoms with E-state index in [2.05, 4.69) is 4.90 Å². The molecule has 0 radical (unpaired) electrons. The van der Waals surface area contributed by atoms with Crippen molar-refractivity contribution in [1.29, 1.82) is 0 Å². The minimum absolute atomic E-state index is 0.153. The van der Waals surface area contributed by atoms with Crippen molar-refractivity contribution in [3.05, 3.63) is 64.7 Å². The molecule has 0 aliphatic carbocycles. The molecule has 2 aromatic carbocycles. The van der Waals surface area contributed by atoms with Gasteiger partial charge in [0.05, 0.1) is 17.2 Å². The first kappa shape index (κ1) is 18.7. The molecule has 6 heteroatoms. The maximum atomic E-state index is 13.5. The van der Waals surface area contributed by atoms with E-state index in [1.54, 1.807) is 4.57 Å². The van der Waals surface area contributed by atoms with Crippen molar-refractivity contribution in [2.75, 3.05) is 26.2 Å². The van der Waals surface area contributed by atoms with E-state index in [1.807, 2.05) is 55.5 Å². The van der Waals surface area contributed by atoms with E-state index in [9.17, 15) is 4.79 Å². The molecule has 0 amide bonds. The van der Waals surface area contributed by atoms with Crippen LogP contribution in [-0.4, -0.2) is 40.7 Å². The number of fused-ring (bicyclic) bond motifs is 1. The Morgan fingerprint density at radius 1 is 1.11 bits per heavy atom. The van der Waals surface area contributed by atoms with Crippen LogP contribution in [0.1, 0.15) is 31.6 Å². The Kier molecular flexibility index (Phi) is 5.41. The fourth-order valence-corrected chi connectivity index (χ4v) is 3.76. The number of hydrogen-bond acceptors (Lipinski definition) is 5. The number of ether oxygens (including phenoxy) is 1. The van der Waals surface area contributed by atoms with Crippen molar-refractivity contribution < 1.29 is 4.74 Å². The lowest BCUT2D eigenvalue weighted by Crippen LogP contribution is -2.28. The van der Waals surface area contributed by atoms with Gasteiger partial charge in [0, 0.05) is 6.54 Å². The second kappa shape index (κ2) is 8.12. The zero-order valence-corrected chi connectivity index (χ0v) is 16.2. The molecular weight excluding hydrogens is 352 g/mol. The summed E-state index contributed by atoms with van der Waals surface area (Å²) in [7, 11) is 0. The van der Waals surface area contributed by atoms with Gasteiger partial charge in [-0.15, -0.1) is 0 Å². The molecule has 0 saturated carbocycles. The third-order valence-corrected chi connectivity index (χ3v) is 5.17. The molecule has 4 rings (SSSR count). The molecule has 146 valence electrons. The Labute approximate surface area is 164 Å². The van der Waals surface area contributed by atoms with Crippen molar-refractivity contribution >= 4 is 10.9 Å². The lowest BCUT2D eigenvalue weighted by atomic mass is 10.2. The van der Waals surface area contributed by atoms with Crippen LogP contribution in [0.2, 0.25) is 0 Å². The van der Waals surface area contributed by atoms with Gasteiger partial charge in [0.15, 0.2) is 0 Å². The summed E-state index contributed by atoms with van der Waals surface area (Å²) in [5, 5.41) is 0.497. The van der Waals surface area contributed by atoms with E-state index >= 15 is 0 Å². The van der Waals surface area contributed by atoms with Crippen LogP contribution in [0.3, 0.4) is 0 Å². The van der Waals surface area contributed by atoms with Crippen molar-refractivity contribution in [2.45, 2.75) is 25.8 Å². The van der Waals surface area contributed by atoms with E-state index in [4.69, 9.17) is 15.5 Å². The predicted octanol–water partition coefficient (Wildman–Crippen LogP) is 2.88. The summed E-state index contributed by atoms with van der Waals surface area (Å²) in [5.74, 6) is 1.12. The number of para-hydroxylation sites is 1. The highest BCUT2D eigenvalue weighted by molar-refractivity contribution is 5.84. The average Bonchev–Trinajstić information content (AvgIpc) is 3.22. The predicted molar refractivity (Wildman–Crippen MR) is 111 cm³/mol. The van der Waals surface area contributed by atoms with Crippen LogP contribution in [0.5, 0.6) is 5.75 Å². The summed E-state index contributed by atoms with van der Waals surface area (Å²) in [6.45, 7) is 5.51. The number of rotatable bonds is 6. The van der Waals surface area contributed by atoms with Crippen LogP contribution in [0.15, 0.2) is 53.3 Å². The van der Waals surface area contributed by atoms with Crippen LogP contribution >= 0.6 is 0 Å². The zero-order chi connectivity index (χ0) is 19.5. The molecule has 1 aliphatic heterocycles. The summed E-state index contributed by atoms with van der Waals surface area (Å²) >= 11 is 0. The lowest BCUT2D eigenvalue weighted by Gasteiger charge is -2.18. The highest BCUT2D eigenvalue weighted by Crippen LogP contribution is 2.24. The van der Waals surface area contributed by atoms with Crippen molar-refractivity contribution in [1.82, 2.24) is 14.5 Å². The van der Waals surface area contributed by atoms with Crippen LogP contribution in [0.25, 0.3) is 16.6 Å². The zero-order valence-electron chi connectivity index (χ0n) is 16.2. The van der Waals surface area contributed by atoms with E-state index in [0.717, 1.165) is 25.3 Å². The first-order chi connectivity index (χ1) is 13.6. The molecule has 1 aromatic heterocycles. The second-order valence-corrected chi connectivity index (χ2v) is 7.28. The van der Waals surface area contributed by atoms with Crippen LogP contribution in [-0.2, 0) is 0 Å². The van der Waals surface area contributed by atoms with Crippen LogP contribution < -0.4 is 16.0 Å². The first-order valence-electron chi connectivity index (χ1n) is 9.87. The van der Waals surface area contributed by atoms with Gasteiger partial charge in [-0.3, -0.25) is 14.3 Å². The maximum Gasteiger partial charge on any atom is 0.269 e. The van der Waals surface area contributed by atoms with Crippen LogP contribution in [0.4, 0.5) is 0 Å². The molecule has 1 unspecified atom stereocenters. The molecule has 0 bridgehead atoms. The summed E-state index contributed by atoms with van der Waals surface area (Å²) in [6.07, 6.45) is 2.50. The Hall–Kier alpha value is -2.70. The van der Waals surface area contributed by atoms with E-state index in [-0.39, 0.29) is 11.6 Å². The smallest absolute Gasteiger partial charge is 0.269 e. The van der Waals surface area contributed by atoms with E-state index in [1.165, 1.54) is 12.8 Å². The monoisotopic (exact) mass is 378 g/mol. The molecule has 6 nitrogen and oxygen atoms in total. The Morgan fingerprint density at radius 3 is 2.57 bits per heavy atom. The van der Waals surface area contributed by atoms with Gasteiger partial charge >= 0.3 is 0 Å². The molecule has 2 N–H and O–H groups in total. The minimum Gasteiger partial charge on any atom is -0.491 e. The SMILES string of the molecule is CC(N)c1nc2cccc(OCCN3CCCC3)c2c(=O)n1-c1ccccc1. The third kappa shape index (κ3) is 3.66. The maximum absolute atomic E-state index is 13.5. The van der Waals surface area contributed by atoms with Gasteiger partial charge in [0.1, 0.15) is 23.6 Å². The summed E-state index contributed by atoms with van der Waals surface area (Å²) in [5.41, 5.74) is 7.35. The molecular formula is C22H26N4O2. The van der Waals surface area contributed by atoms with Gasteiger partial charge < -0.3 is 10.5 Å². The fourth-order valence-electron chi connectivity index (χ4n) is 3.76. The van der Waals surface area contributed by atoms with Crippen molar-refractivity contribution in [2.24, 2.45) is 5.73 Å².